The van der Waals surface area contributed by atoms with Crippen molar-refractivity contribution in [2.24, 2.45) is 9.98 Å². The van der Waals surface area contributed by atoms with Crippen molar-refractivity contribution in [1.29, 1.82) is 0 Å². The van der Waals surface area contributed by atoms with Crippen molar-refractivity contribution in [3.05, 3.63) is 265 Å². The molecule has 649 valence electrons. The second-order valence-corrected chi connectivity index (χ2v) is 48.6. The third kappa shape index (κ3) is 28.3. The number of H-pyrrole nitrogens is 1. The summed E-state index contributed by atoms with van der Waals surface area (Å²) in [6, 6.07) is 37.6. The Morgan fingerprint density at radius 1 is 0.525 bits per heavy atom. The number of rotatable bonds is 22. The number of unbranched alkanes of at least 4 members (excludes halogenated alkanes) is 2. The van der Waals surface area contributed by atoms with Crippen LogP contribution in [-0.2, 0) is 42.3 Å². The molecule has 8 aromatic rings. The van der Waals surface area contributed by atoms with Gasteiger partial charge in [-0.15, -0.1) is 0 Å². The van der Waals surface area contributed by atoms with Crippen LogP contribution >= 0.6 is 44.9 Å². The van der Waals surface area contributed by atoms with Crippen LogP contribution in [-0.4, -0.2) is 102 Å². The summed E-state index contributed by atoms with van der Waals surface area (Å²) in [6.45, 7) is 11.7. The second-order valence-electron chi connectivity index (χ2n) is 33.8. The van der Waals surface area contributed by atoms with Gasteiger partial charge in [0.15, 0.2) is 0 Å². The van der Waals surface area contributed by atoms with E-state index < -0.39 is 23.4 Å². The Bertz CT molecular complexity index is 4450. The molecule has 0 amide bonds. The van der Waals surface area contributed by atoms with Gasteiger partial charge in [-0.1, -0.05) is 38.5 Å². The smallest absolute Gasteiger partial charge is 0.270 e. The van der Waals surface area contributed by atoms with Gasteiger partial charge in [-0.25, -0.2) is 9.55 Å². The molecule has 0 unspecified atom stereocenters. The number of aromatic amines is 1. The van der Waals surface area contributed by atoms with Crippen LogP contribution in [0.4, 0.5) is 11.4 Å². The van der Waals surface area contributed by atoms with Crippen molar-refractivity contribution < 1.29 is 53.8 Å². The zero-order valence-corrected chi connectivity index (χ0v) is 79.4. The van der Waals surface area contributed by atoms with E-state index in [4.69, 9.17) is 29.1 Å². The first-order valence-electron chi connectivity index (χ1n) is 44.4. The summed E-state index contributed by atoms with van der Waals surface area (Å²) in [4.78, 5) is 35.7. The van der Waals surface area contributed by atoms with E-state index >= 15 is 0 Å². The molecule has 2 aromatic heterocycles. The summed E-state index contributed by atoms with van der Waals surface area (Å²) < 4.78 is 6.49. The summed E-state index contributed by atoms with van der Waals surface area (Å²) >= 11 is -2.15. The maximum atomic E-state index is 10.7. The molecule has 2 heterocycles. The molecule has 6 saturated carbocycles. The fourth-order valence-electron chi connectivity index (χ4n) is 19.7. The van der Waals surface area contributed by atoms with Gasteiger partial charge in [0.25, 0.3) is 11.4 Å². The van der Waals surface area contributed by atoms with Gasteiger partial charge in [-0.05, 0) is 192 Å². The Hall–Kier alpha value is -6.32. The fourth-order valence-corrected chi connectivity index (χ4v) is 34.1. The fraction of sp³-hybridized carbons (Fsp3) is 0.485. The molecule has 0 saturated heterocycles. The van der Waals surface area contributed by atoms with Gasteiger partial charge >= 0.3 is 258 Å². The summed E-state index contributed by atoms with van der Waals surface area (Å²) in [7, 11) is 18.7. The van der Waals surface area contributed by atoms with Crippen molar-refractivity contribution in [2.45, 2.75) is 293 Å². The normalized spacial score (nSPS) is 17.9. The number of aromatic hydroxyl groups is 2. The van der Waals surface area contributed by atoms with Crippen LogP contribution in [0.2, 0.25) is 0 Å². The maximum absolute atomic E-state index is 10.7. The molecular weight excluding hydrogens is 1770 g/mol. The molecule has 0 spiro atoms. The van der Waals surface area contributed by atoms with Crippen LogP contribution in [0.1, 0.15) is 285 Å². The van der Waals surface area contributed by atoms with Crippen molar-refractivity contribution in [3.63, 3.8) is 0 Å². The van der Waals surface area contributed by atoms with Gasteiger partial charge in [0, 0.05) is 95.7 Å². The van der Waals surface area contributed by atoms with Crippen LogP contribution in [0.15, 0.2) is 181 Å². The largest absolute Gasteiger partial charge is 0.507 e. The number of phenolic OH excluding ortho intramolecular Hbond substituents is 2. The molecule has 8 aliphatic rings. The molecule has 0 bridgehead atoms. The van der Waals surface area contributed by atoms with E-state index in [1.54, 1.807) is 205 Å². The summed E-state index contributed by atoms with van der Waals surface area (Å²) in [5.41, 5.74) is 23.5. The minimum absolute atomic E-state index is 0. The van der Waals surface area contributed by atoms with E-state index in [0.717, 1.165) is 42.9 Å². The molecule has 120 heavy (non-hydrogen) atoms. The number of hydrogen-bond donors (Lipinski definition) is 3. The zero-order valence-electron chi connectivity index (χ0n) is 71.7. The number of phenols is 2. The summed E-state index contributed by atoms with van der Waals surface area (Å²) in [6.07, 6.45) is 69.9. The standard InChI is InChI=1S/2C18H33P.2C17H14.2C14H16N4O3.CH3.3ClH.2Ru/c2*1-4-10-16(11-5-1)19(17-12-6-2-7-13-17)18-14-8-3-9-15-18;2*1-12-6-3-4-9-15(12)16-11-10-14-8-5-7-13(2)17(14)16;2*19-14-4-3-13(18(20)21)9-12(14)10-15-5-1-2-7-17-8-6-16-11-17;;;;;;/h2*16-18H,1-15H2;2*3-9,11H,1-2H3;3-4,6,8-11H,1-2,5,7H2,(H,15,19);3-4,6,8-11,19H,1-2,5,7H2;1H3;3*1H;;/q;;;;;;-1;;;;+1;+2. The van der Waals surface area contributed by atoms with E-state index in [1.807, 2.05) is 29.5 Å². The van der Waals surface area contributed by atoms with Crippen LogP contribution in [0.25, 0.3) is 11.1 Å². The molecule has 8 aliphatic carbocycles. The van der Waals surface area contributed by atoms with Gasteiger partial charge in [-0.3, -0.25) is 35.2 Å². The van der Waals surface area contributed by atoms with E-state index in [9.17, 15) is 30.4 Å². The Labute approximate surface area is 743 Å². The molecule has 3 N–H and O–H groups in total. The number of nitrogens with zero attached hydrogens (tertiary/aromatic N) is 7. The molecule has 16 rings (SSSR count). The van der Waals surface area contributed by atoms with Gasteiger partial charge in [0.1, 0.15) is 23.9 Å². The SMILES string of the molecule is C1CCC([PH+](C2CCCCC2)C2CCCCC2)CC1.C1CCC([PH+](C2CCCCC2)C2CCCCC2)CC1.Cc1ccccc1C1=C[C](=[Ru]([Cl])[Cl])c2cccc(C)c21.Cc1ccccc1C1=C[C](=[Ru][Cl])c2cccc(C)c21.O=[N+]([O-])c1ccc(O)c(C=NCCCC[n+]2cc[nH]c2)c1.O=[N+]([O-])c1ccc(O)c(C=NCCCCn2ccnc2)c1.[CH3-]. The number of allylic oxidation sites excluding steroid dienone is 2. The number of non-ortho nitro benzene ring substituents is 2. The maximum Gasteiger partial charge on any atom is 0.270 e. The predicted molar refractivity (Wildman–Crippen MR) is 505 cm³/mol. The number of nitrogens with one attached hydrogen (secondary N) is 1. The van der Waals surface area contributed by atoms with Crippen molar-refractivity contribution in [1.82, 2.24) is 14.5 Å². The first-order chi connectivity index (χ1) is 58.0. The number of benzene rings is 6. The van der Waals surface area contributed by atoms with Crippen molar-refractivity contribution in [2.75, 3.05) is 13.1 Å². The predicted octanol–water partition coefficient (Wildman–Crippen LogP) is 26.8. The number of aromatic nitrogens is 4. The summed E-state index contributed by atoms with van der Waals surface area (Å²) in [5.74, 6) is -0.0185. The molecular formula is C99H132Cl3N8O6P2Ru2+2. The summed E-state index contributed by atoms with van der Waals surface area (Å²) in [5, 5.41) is 40.6. The number of nitro groups is 2. The van der Waals surface area contributed by atoms with E-state index in [0.29, 0.717) is 24.2 Å². The Balaban J connectivity index is 0.000000151. The molecule has 0 aliphatic heterocycles. The molecule has 14 nitrogen and oxygen atoms in total. The van der Waals surface area contributed by atoms with E-state index in [1.165, 1.54) is 154 Å². The molecule has 0 atom stereocenters. The minimum atomic E-state index is -1.92. The molecule has 0 radical (unpaired) electrons. The molecule has 6 fully saturated rings. The van der Waals surface area contributed by atoms with Crippen LogP contribution < -0.4 is 4.57 Å². The van der Waals surface area contributed by atoms with Gasteiger partial charge in [0.05, 0.1) is 56.7 Å². The Morgan fingerprint density at radius 3 is 1.30 bits per heavy atom. The first-order valence-corrected chi connectivity index (χ1v) is 56.4. The molecule has 6 aromatic carbocycles. The Kier molecular flexibility index (Phi) is 40.9. The van der Waals surface area contributed by atoms with E-state index in [-0.39, 0.29) is 61.8 Å². The van der Waals surface area contributed by atoms with Crippen LogP contribution in [0, 0.1) is 55.4 Å². The Morgan fingerprint density at radius 2 is 0.917 bits per heavy atom. The topological polar surface area (TPSA) is 189 Å². The number of aryl methyl sites for hydroxylation is 6. The third-order valence-corrected chi connectivity index (χ3v) is 39.8. The number of fused-ring (bicyclic) bond motifs is 2. The van der Waals surface area contributed by atoms with Crippen molar-refractivity contribution in [3.8, 4) is 11.5 Å². The number of imidazole rings is 2. The van der Waals surface area contributed by atoms with Gasteiger partial charge in [-0.2, -0.15) is 0 Å². The average Bonchev–Trinajstić information content (AvgIpc) is 1.62. The van der Waals surface area contributed by atoms with Gasteiger partial charge < -0.3 is 22.2 Å². The number of nitro benzene ring substituents is 2. The monoisotopic (exact) mass is 1900 g/mol. The molecule has 21 heteroatoms. The number of hydrogen-bond acceptors (Lipinski definition) is 9. The average molecular weight is 1900 g/mol. The number of halogens is 3. The zero-order chi connectivity index (χ0) is 83.7. The first kappa shape index (κ1) is 95.9. The third-order valence-electron chi connectivity index (χ3n) is 25.6. The number of aliphatic imine (C=N–C) groups is 2. The van der Waals surface area contributed by atoms with Crippen molar-refractivity contribution >= 4 is 88.1 Å². The van der Waals surface area contributed by atoms with Gasteiger partial charge in [0.2, 0.25) is 6.33 Å². The van der Waals surface area contributed by atoms with E-state index in [2.05, 4.69) is 149 Å². The van der Waals surface area contributed by atoms with Crippen LogP contribution in [0.3, 0.4) is 0 Å². The van der Waals surface area contributed by atoms with Crippen LogP contribution in [0.5, 0.6) is 11.5 Å². The quantitative estimate of drug-likeness (QED) is 0.00879. The minimum Gasteiger partial charge on any atom is -0.507 e. The second kappa shape index (κ2) is 51.2.